The molecule has 59 heavy (non-hydrogen) atoms. The van der Waals surface area contributed by atoms with Crippen LogP contribution in [0.2, 0.25) is 0 Å². The van der Waals surface area contributed by atoms with Crippen LogP contribution in [0.5, 0.6) is 0 Å². The summed E-state index contributed by atoms with van der Waals surface area (Å²) in [5.74, 6) is 0. The average Bonchev–Trinajstić information content (AvgIpc) is 3.95. The monoisotopic (exact) mass is 778 g/mol. The van der Waals surface area contributed by atoms with Crippen molar-refractivity contribution in [3.05, 3.63) is 207 Å². The molecule has 0 fully saturated rings. The topological polar surface area (TPSA) is 9.86 Å². The number of rotatable bonds is 5. The van der Waals surface area contributed by atoms with Gasteiger partial charge in [-0.05, 0) is 103 Å². The summed E-state index contributed by atoms with van der Waals surface area (Å²) in [6.07, 6.45) is 7.09. The van der Waals surface area contributed by atoms with E-state index in [0.717, 1.165) is 6.42 Å². The Morgan fingerprint density at radius 2 is 0.966 bits per heavy atom. The highest BCUT2D eigenvalue weighted by Gasteiger charge is 2.18. The molecule has 0 radical (unpaired) electrons. The fourth-order valence-corrected chi connectivity index (χ4v) is 9.63. The maximum atomic E-state index is 3.36. The van der Waals surface area contributed by atoms with Crippen LogP contribution in [0.4, 0.5) is 0 Å². The van der Waals surface area contributed by atoms with E-state index in [1.165, 1.54) is 97.4 Å². The minimum Gasteiger partial charge on any atom is -0.309 e. The molecule has 0 aliphatic heterocycles. The van der Waals surface area contributed by atoms with Gasteiger partial charge in [-0.15, -0.1) is 17.9 Å². The zero-order valence-electron chi connectivity index (χ0n) is 33.8. The number of aromatic nitrogens is 2. The molecule has 0 bridgehead atoms. The lowest BCUT2D eigenvalue weighted by Gasteiger charge is -2.11. The highest BCUT2D eigenvalue weighted by Crippen LogP contribution is 2.43. The Kier molecular flexibility index (Phi) is 10.5. The minimum atomic E-state index is 1.16. The SMILES string of the molecule is C/C=C\CC.C=CC.c1ccc(-c2ccc3sc4c(-n5c6ccccc6c6cc(-c7cccc(-n8c9ccccc9c9ccccc98)c7)ccc65)cccc4c3c2)cc1. The number of benzene rings is 8. The van der Waals surface area contributed by atoms with Crippen LogP contribution < -0.4 is 0 Å². The molecule has 8 aromatic carbocycles. The van der Waals surface area contributed by atoms with Gasteiger partial charge in [0.1, 0.15) is 0 Å². The molecule has 0 saturated carbocycles. The van der Waals surface area contributed by atoms with E-state index in [-0.39, 0.29) is 0 Å². The van der Waals surface area contributed by atoms with Gasteiger partial charge in [0.15, 0.2) is 0 Å². The van der Waals surface area contributed by atoms with Gasteiger partial charge in [0.05, 0.1) is 32.5 Å². The van der Waals surface area contributed by atoms with Crippen molar-refractivity contribution in [2.45, 2.75) is 27.2 Å². The van der Waals surface area contributed by atoms with Crippen molar-refractivity contribution in [2.24, 2.45) is 0 Å². The Morgan fingerprint density at radius 3 is 1.63 bits per heavy atom. The zero-order chi connectivity index (χ0) is 40.3. The molecule has 11 aromatic rings. The molecule has 11 rings (SSSR count). The molecule has 0 aliphatic rings. The van der Waals surface area contributed by atoms with Gasteiger partial charge in [0.25, 0.3) is 0 Å². The van der Waals surface area contributed by atoms with E-state index in [2.05, 4.69) is 217 Å². The Balaban J connectivity index is 0.000000518. The Labute approximate surface area is 350 Å². The third kappa shape index (κ3) is 6.84. The molecule has 0 amide bonds. The van der Waals surface area contributed by atoms with E-state index in [4.69, 9.17) is 0 Å². The van der Waals surface area contributed by atoms with Crippen LogP contribution in [-0.4, -0.2) is 9.13 Å². The van der Waals surface area contributed by atoms with Gasteiger partial charge in [-0.1, -0.05) is 146 Å². The molecule has 0 saturated heterocycles. The van der Waals surface area contributed by atoms with E-state index in [9.17, 15) is 0 Å². The number of nitrogens with zero attached hydrogens (tertiary/aromatic N) is 2. The number of hydrogen-bond donors (Lipinski definition) is 0. The van der Waals surface area contributed by atoms with Gasteiger partial charge in [-0.2, -0.15) is 0 Å². The van der Waals surface area contributed by atoms with E-state index >= 15 is 0 Å². The van der Waals surface area contributed by atoms with Crippen molar-refractivity contribution < 1.29 is 0 Å². The largest absolute Gasteiger partial charge is 0.309 e. The Hall–Kier alpha value is -6.94. The number of fused-ring (bicyclic) bond motifs is 9. The normalized spacial score (nSPS) is 11.4. The summed E-state index contributed by atoms with van der Waals surface area (Å²) in [5, 5.41) is 7.68. The highest BCUT2D eigenvalue weighted by molar-refractivity contribution is 7.26. The lowest BCUT2D eigenvalue weighted by Crippen LogP contribution is -1.94. The first-order valence-electron chi connectivity index (χ1n) is 20.4. The maximum absolute atomic E-state index is 3.36. The van der Waals surface area contributed by atoms with E-state index < -0.39 is 0 Å². The van der Waals surface area contributed by atoms with E-state index in [1.807, 2.05) is 25.2 Å². The molecule has 0 spiro atoms. The molecular weight excluding hydrogens is 733 g/mol. The molecule has 3 heterocycles. The van der Waals surface area contributed by atoms with Gasteiger partial charge in [-0.25, -0.2) is 0 Å². The molecule has 3 heteroatoms. The molecule has 0 atom stereocenters. The third-order valence-corrected chi connectivity index (χ3v) is 12.2. The molecule has 286 valence electrons. The molecule has 0 aliphatic carbocycles. The first kappa shape index (κ1) is 37.6. The van der Waals surface area contributed by atoms with Crippen LogP contribution in [0.3, 0.4) is 0 Å². The number of allylic oxidation sites excluding steroid dienone is 3. The Bertz CT molecular complexity index is 3250. The molecule has 0 unspecified atom stereocenters. The highest BCUT2D eigenvalue weighted by atomic mass is 32.1. The second kappa shape index (κ2) is 16.5. The molecule has 3 aromatic heterocycles. The zero-order valence-corrected chi connectivity index (χ0v) is 34.6. The quantitative estimate of drug-likeness (QED) is 0.154. The fourth-order valence-electron chi connectivity index (χ4n) is 8.44. The van der Waals surface area contributed by atoms with Crippen LogP contribution in [0.15, 0.2) is 207 Å². The molecule has 2 nitrogen and oxygen atoms in total. The standard InChI is InChI=1S/C48H30N2S.C5H10.C3H6/c1-2-12-31(13-3-1)33-25-27-47-41(30-33)39-19-11-23-46(48(39)51-47)50-44-22-9-6-18-38(44)40-29-34(24-26-45(40)50)32-14-10-15-35(28-32)49-42-20-7-4-16-36(42)37-17-5-8-21-43(37)49;1-3-5-4-2;1-3-2/h1-30H;3,5H,4H2,1-2H3;3H,1H2,2H3/b;5-3-;. The van der Waals surface area contributed by atoms with E-state index in [1.54, 1.807) is 6.08 Å². The molecular formula is C56H46N2S. The minimum absolute atomic E-state index is 1.16. The molecule has 0 N–H and O–H groups in total. The van der Waals surface area contributed by atoms with Gasteiger partial charge >= 0.3 is 0 Å². The van der Waals surface area contributed by atoms with Crippen molar-refractivity contribution in [1.82, 2.24) is 9.13 Å². The summed E-state index contributed by atoms with van der Waals surface area (Å²) in [4.78, 5) is 0. The number of hydrogen-bond acceptors (Lipinski definition) is 1. The maximum Gasteiger partial charge on any atom is 0.0640 e. The van der Waals surface area contributed by atoms with Gasteiger partial charge in [0, 0.05) is 42.7 Å². The van der Waals surface area contributed by atoms with Crippen LogP contribution in [0.1, 0.15) is 27.2 Å². The summed E-state index contributed by atoms with van der Waals surface area (Å²) < 4.78 is 7.48. The van der Waals surface area contributed by atoms with Crippen molar-refractivity contribution in [3.8, 4) is 33.6 Å². The van der Waals surface area contributed by atoms with Crippen molar-refractivity contribution >= 4 is 75.1 Å². The van der Waals surface area contributed by atoms with Crippen molar-refractivity contribution in [3.63, 3.8) is 0 Å². The predicted octanol–water partition coefficient (Wildman–Crippen LogP) is 16.7. The second-order valence-corrected chi connectivity index (χ2v) is 15.8. The first-order valence-corrected chi connectivity index (χ1v) is 21.3. The fraction of sp³-hybridized carbons (Fsp3) is 0.0714. The summed E-state index contributed by atoms with van der Waals surface area (Å²) in [6, 6.07) is 66.6. The third-order valence-electron chi connectivity index (χ3n) is 11.0. The van der Waals surface area contributed by atoms with Crippen LogP contribution in [0, 0.1) is 0 Å². The lowest BCUT2D eigenvalue weighted by atomic mass is 10.0. The van der Waals surface area contributed by atoms with E-state index in [0.29, 0.717) is 0 Å². The number of para-hydroxylation sites is 3. The first-order chi connectivity index (χ1) is 29.1. The summed E-state index contributed by atoms with van der Waals surface area (Å²) >= 11 is 1.89. The number of thiophene rings is 1. The summed E-state index contributed by atoms with van der Waals surface area (Å²) in [7, 11) is 0. The van der Waals surface area contributed by atoms with Crippen molar-refractivity contribution in [2.75, 3.05) is 0 Å². The van der Waals surface area contributed by atoms with Crippen LogP contribution in [-0.2, 0) is 0 Å². The lowest BCUT2D eigenvalue weighted by molar-refractivity contribution is 1.18. The van der Waals surface area contributed by atoms with Gasteiger partial charge < -0.3 is 9.13 Å². The van der Waals surface area contributed by atoms with Crippen molar-refractivity contribution in [1.29, 1.82) is 0 Å². The second-order valence-electron chi connectivity index (χ2n) is 14.7. The van der Waals surface area contributed by atoms with Crippen LogP contribution in [0.25, 0.3) is 97.4 Å². The summed E-state index contributed by atoms with van der Waals surface area (Å²) in [6.45, 7) is 9.41. The van der Waals surface area contributed by atoms with Gasteiger partial charge in [0.2, 0.25) is 0 Å². The van der Waals surface area contributed by atoms with Gasteiger partial charge in [-0.3, -0.25) is 0 Å². The predicted molar refractivity (Wildman–Crippen MR) is 260 cm³/mol. The Morgan fingerprint density at radius 1 is 0.458 bits per heavy atom. The smallest absolute Gasteiger partial charge is 0.0640 e. The van der Waals surface area contributed by atoms with Crippen LogP contribution >= 0.6 is 11.3 Å². The summed E-state index contributed by atoms with van der Waals surface area (Å²) in [5.41, 5.74) is 12.2. The average molecular weight is 779 g/mol.